The van der Waals surface area contributed by atoms with Crippen LogP contribution in [0.1, 0.15) is 31.4 Å². The van der Waals surface area contributed by atoms with Gasteiger partial charge in [0.25, 0.3) is 0 Å². The van der Waals surface area contributed by atoms with Gasteiger partial charge in [-0.15, -0.1) is 0 Å². The van der Waals surface area contributed by atoms with E-state index in [0.29, 0.717) is 6.61 Å². The summed E-state index contributed by atoms with van der Waals surface area (Å²) in [5, 5.41) is 3.45. The molecule has 2 heterocycles. The van der Waals surface area contributed by atoms with Crippen LogP contribution in [0.5, 0.6) is 11.5 Å². The first-order valence-electron chi connectivity index (χ1n) is 8.14. The van der Waals surface area contributed by atoms with E-state index in [4.69, 9.17) is 9.47 Å². The molecule has 2 aliphatic heterocycles. The zero-order chi connectivity index (χ0) is 14.7. The molecule has 3 rings (SSSR count). The van der Waals surface area contributed by atoms with Crippen molar-refractivity contribution in [1.29, 1.82) is 0 Å². The number of benzene rings is 1. The molecule has 1 unspecified atom stereocenters. The maximum atomic E-state index is 5.91. The Hall–Kier alpha value is -1.26. The second kappa shape index (κ2) is 6.67. The Balaban J connectivity index is 1.80. The normalized spacial score (nSPS) is 22.5. The molecule has 4 heteroatoms. The molecule has 0 saturated carbocycles. The quantitative estimate of drug-likeness (QED) is 0.922. The van der Waals surface area contributed by atoms with Crippen molar-refractivity contribution >= 4 is 0 Å². The van der Waals surface area contributed by atoms with Gasteiger partial charge in [-0.05, 0) is 45.5 Å². The second-order valence-corrected chi connectivity index (χ2v) is 6.01. The van der Waals surface area contributed by atoms with Crippen LogP contribution in [-0.4, -0.2) is 43.8 Å². The Labute approximate surface area is 127 Å². The standard InChI is InChI=1S/C17H26N2O2/c1-3-20-16-10-14-9-13(2)21-17(14)11-15(16)12-19-7-4-5-18-6-8-19/h10-11,13,18H,3-9,12H2,1-2H3. The van der Waals surface area contributed by atoms with Crippen LogP contribution >= 0.6 is 0 Å². The summed E-state index contributed by atoms with van der Waals surface area (Å²) in [6.07, 6.45) is 2.48. The fraction of sp³-hybridized carbons (Fsp3) is 0.647. The van der Waals surface area contributed by atoms with E-state index in [1.165, 1.54) is 17.5 Å². The minimum Gasteiger partial charge on any atom is -0.494 e. The van der Waals surface area contributed by atoms with Crippen molar-refractivity contribution in [3.8, 4) is 11.5 Å². The summed E-state index contributed by atoms with van der Waals surface area (Å²) in [6.45, 7) is 10.3. The van der Waals surface area contributed by atoms with Crippen LogP contribution in [0.4, 0.5) is 0 Å². The predicted octanol–water partition coefficient (Wildman–Crippen LogP) is 2.20. The molecule has 0 spiro atoms. The molecule has 21 heavy (non-hydrogen) atoms. The molecule has 1 aromatic carbocycles. The molecule has 0 aliphatic carbocycles. The van der Waals surface area contributed by atoms with Gasteiger partial charge < -0.3 is 14.8 Å². The lowest BCUT2D eigenvalue weighted by Crippen LogP contribution is -2.27. The molecule has 1 fully saturated rings. The van der Waals surface area contributed by atoms with E-state index < -0.39 is 0 Å². The Morgan fingerprint density at radius 2 is 2.24 bits per heavy atom. The second-order valence-electron chi connectivity index (χ2n) is 6.01. The highest BCUT2D eigenvalue weighted by molar-refractivity contribution is 5.48. The average Bonchev–Trinajstić information content (AvgIpc) is 2.66. The van der Waals surface area contributed by atoms with Crippen LogP contribution in [0.25, 0.3) is 0 Å². The predicted molar refractivity (Wildman–Crippen MR) is 84.2 cm³/mol. The summed E-state index contributed by atoms with van der Waals surface area (Å²) in [6, 6.07) is 4.38. The third-order valence-corrected chi connectivity index (χ3v) is 4.21. The zero-order valence-corrected chi connectivity index (χ0v) is 13.2. The number of ether oxygens (including phenoxy) is 2. The molecule has 0 radical (unpaired) electrons. The fourth-order valence-corrected chi connectivity index (χ4v) is 3.20. The topological polar surface area (TPSA) is 33.7 Å². The lowest BCUT2D eigenvalue weighted by atomic mass is 10.1. The van der Waals surface area contributed by atoms with E-state index in [-0.39, 0.29) is 6.10 Å². The Bertz CT molecular complexity index is 482. The molecule has 0 bridgehead atoms. The molecule has 0 aromatic heterocycles. The van der Waals surface area contributed by atoms with Gasteiger partial charge in [-0.1, -0.05) is 0 Å². The molecular weight excluding hydrogens is 264 g/mol. The summed E-state index contributed by atoms with van der Waals surface area (Å²) >= 11 is 0. The van der Waals surface area contributed by atoms with Crippen LogP contribution in [0.15, 0.2) is 12.1 Å². The first kappa shape index (κ1) is 14.7. The molecule has 1 atom stereocenters. The molecule has 1 aromatic rings. The largest absolute Gasteiger partial charge is 0.494 e. The fourth-order valence-electron chi connectivity index (χ4n) is 3.20. The van der Waals surface area contributed by atoms with E-state index in [2.05, 4.69) is 29.3 Å². The van der Waals surface area contributed by atoms with E-state index in [1.54, 1.807) is 0 Å². The number of rotatable bonds is 4. The highest BCUT2D eigenvalue weighted by Crippen LogP contribution is 2.35. The average molecular weight is 290 g/mol. The smallest absolute Gasteiger partial charge is 0.124 e. The summed E-state index contributed by atoms with van der Waals surface area (Å²) in [5.41, 5.74) is 2.54. The van der Waals surface area contributed by atoms with Crippen LogP contribution in [0, 0.1) is 0 Å². The van der Waals surface area contributed by atoms with Crippen LogP contribution in [0.2, 0.25) is 0 Å². The molecule has 2 aliphatic rings. The van der Waals surface area contributed by atoms with E-state index in [1.807, 2.05) is 6.92 Å². The van der Waals surface area contributed by atoms with Crippen molar-refractivity contribution in [3.05, 3.63) is 23.3 Å². The Morgan fingerprint density at radius 1 is 1.33 bits per heavy atom. The first-order valence-corrected chi connectivity index (χ1v) is 8.14. The van der Waals surface area contributed by atoms with E-state index >= 15 is 0 Å². The van der Waals surface area contributed by atoms with Crippen molar-refractivity contribution in [2.45, 2.75) is 39.3 Å². The highest BCUT2D eigenvalue weighted by atomic mass is 16.5. The highest BCUT2D eigenvalue weighted by Gasteiger charge is 2.22. The van der Waals surface area contributed by atoms with E-state index in [0.717, 1.165) is 50.6 Å². The van der Waals surface area contributed by atoms with Gasteiger partial charge in [0, 0.05) is 37.2 Å². The zero-order valence-electron chi connectivity index (χ0n) is 13.2. The van der Waals surface area contributed by atoms with Crippen LogP contribution in [0.3, 0.4) is 0 Å². The Kier molecular flexibility index (Phi) is 4.66. The van der Waals surface area contributed by atoms with Crippen molar-refractivity contribution < 1.29 is 9.47 Å². The summed E-state index contributed by atoms with van der Waals surface area (Å²) < 4.78 is 11.8. The van der Waals surface area contributed by atoms with Gasteiger partial charge in [0.1, 0.15) is 17.6 Å². The van der Waals surface area contributed by atoms with Gasteiger partial charge in [-0.25, -0.2) is 0 Å². The molecular formula is C17H26N2O2. The van der Waals surface area contributed by atoms with Crippen molar-refractivity contribution in [2.24, 2.45) is 0 Å². The Morgan fingerprint density at radius 3 is 3.10 bits per heavy atom. The van der Waals surface area contributed by atoms with Gasteiger partial charge in [0.05, 0.1) is 6.61 Å². The monoisotopic (exact) mass is 290 g/mol. The maximum absolute atomic E-state index is 5.91. The molecule has 116 valence electrons. The molecule has 1 saturated heterocycles. The van der Waals surface area contributed by atoms with Gasteiger partial charge in [0.2, 0.25) is 0 Å². The van der Waals surface area contributed by atoms with Crippen molar-refractivity contribution in [2.75, 3.05) is 32.8 Å². The minimum atomic E-state index is 0.284. The third kappa shape index (κ3) is 3.50. The third-order valence-electron chi connectivity index (χ3n) is 4.21. The SMILES string of the molecule is CCOc1cc2c(cc1CN1CCCNCC1)OC(C)C2. The van der Waals surface area contributed by atoms with Crippen molar-refractivity contribution in [1.82, 2.24) is 10.2 Å². The molecule has 4 nitrogen and oxygen atoms in total. The van der Waals surface area contributed by atoms with Crippen LogP contribution in [-0.2, 0) is 13.0 Å². The summed E-state index contributed by atoms with van der Waals surface area (Å²) in [7, 11) is 0. The lowest BCUT2D eigenvalue weighted by molar-refractivity contribution is 0.252. The molecule has 1 N–H and O–H groups in total. The lowest BCUT2D eigenvalue weighted by Gasteiger charge is -2.21. The summed E-state index contributed by atoms with van der Waals surface area (Å²) in [4.78, 5) is 2.50. The minimum absolute atomic E-state index is 0.284. The number of nitrogens with one attached hydrogen (secondary N) is 1. The van der Waals surface area contributed by atoms with Gasteiger partial charge in [-0.2, -0.15) is 0 Å². The number of fused-ring (bicyclic) bond motifs is 1. The number of hydrogen-bond acceptors (Lipinski definition) is 4. The van der Waals surface area contributed by atoms with Crippen LogP contribution < -0.4 is 14.8 Å². The maximum Gasteiger partial charge on any atom is 0.124 e. The number of hydrogen-bond donors (Lipinski definition) is 1. The molecule has 0 amide bonds. The van der Waals surface area contributed by atoms with Gasteiger partial charge in [0.15, 0.2) is 0 Å². The first-order chi connectivity index (χ1) is 10.3. The van der Waals surface area contributed by atoms with Gasteiger partial charge >= 0.3 is 0 Å². The number of nitrogens with zero attached hydrogens (tertiary/aromatic N) is 1. The van der Waals surface area contributed by atoms with Gasteiger partial charge in [-0.3, -0.25) is 4.90 Å². The summed E-state index contributed by atoms with van der Waals surface area (Å²) in [5.74, 6) is 2.08. The van der Waals surface area contributed by atoms with E-state index in [9.17, 15) is 0 Å². The van der Waals surface area contributed by atoms with Crippen molar-refractivity contribution in [3.63, 3.8) is 0 Å².